The van der Waals surface area contributed by atoms with Gasteiger partial charge < -0.3 is 20.5 Å². The van der Waals surface area contributed by atoms with Gasteiger partial charge >= 0.3 is 0 Å². The van der Waals surface area contributed by atoms with E-state index < -0.39 is 0 Å². The van der Waals surface area contributed by atoms with Crippen LogP contribution in [0.2, 0.25) is 5.02 Å². The first-order chi connectivity index (χ1) is 11.6. The molecule has 1 amide bonds. The molecule has 0 aliphatic heterocycles. The van der Waals surface area contributed by atoms with E-state index in [2.05, 4.69) is 15.6 Å². The van der Waals surface area contributed by atoms with E-state index in [9.17, 15) is 4.79 Å². The van der Waals surface area contributed by atoms with Crippen LogP contribution in [0.1, 0.15) is 13.3 Å². The summed E-state index contributed by atoms with van der Waals surface area (Å²) in [6, 6.07) is 10.4. The topological polar surface area (TPSA) is 83.5 Å². The molecule has 2 aromatic rings. The highest BCUT2D eigenvalue weighted by atomic mass is 35.5. The van der Waals surface area contributed by atoms with E-state index in [1.807, 2.05) is 6.92 Å². The van der Waals surface area contributed by atoms with Gasteiger partial charge in [0.05, 0.1) is 29.6 Å². The number of halogens is 1. The highest BCUT2D eigenvalue weighted by Crippen LogP contribution is 2.23. The van der Waals surface area contributed by atoms with Gasteiger partial charge in [0, 0.05) is 0 Å². The number of aromatic nitrogens is 1. The van der Waals surface area contributed by atoms with E-state index >= 15 is 0 Å². The van der Waals surface area contributed by atoms with Crippen molar-refractivity contribution in [1.29, 1.82) is 0 Å². The second-order valence-corrected chi connectivity index (χ2v) is 5.54. The Morgan fingerprint density at radius 3 is 2.75 bits per heavy atom. The predicted octanol–water partition coefficient (Wildman–Crippen LogP) is 2.94. The normalized spacial score (nSPS) is 11.6. The van der Waals surface area contributed by atoms with Crippen LogP contribution in [0.5, 0.6) is 5.75 Å². The maximum Gasteiger partial charge on any atom is 0.262 e. The summed E-state index contributed by atoms with van der Waals surface area (Å²) < 4.78 is 5.37. The van der Waals surface area contributed by atoms with Crippen molar-refractivity contribution in [2.24, 2.45) is 0 Å². The van der Waals surface area contributed by atoms with Crippen LogP contribution in [0.25, 0.3) is 0 Å². The molecule has 0 aliphatic carbocycles. The number of nitrogens with one attached hydrogen (secondary N) is 2. The fraction of sp³-hybridized carbons (Fsp3) is 0.294. The molecule has 24 heavy (non-hydrogen) atoms. The molecule has 3 N–H and O–H groups in total. The van der Waals surface area contributed by atoms with Gasteiger partial charge in [-0.25, -0.2) is 4.98 Å². The number of amides is 1. The fourth-order valence-electron chi connectivity index (χ4n) is 1.94. The van der Waals surface area contributed by atoms with Crippen molar-refractivity contribution < 1.29 is 14.6 Å². The summed E-state index contributed by atoms with van der Waals surface area (Å²) in [5.41, 5.74) is 0.561. The number of carbonyl (C=O) groups excluding carboxylic acids is 1. The van der Waals surface area contributed by atoms with Gasteiger partial charge in [0.2, 0.25) is 0 Å². The van der Waals surface area contributed by atoms with E-state index in [0.717, 1.165) is 6.42 Å². The predicted molar refractivity (Wildman–Crippen MR) is 94.6 cm³/mol. The Hall–Kier alpha value is -2.31. The third-order valence-corrected chi connectivity index (χ3v) is 3.62. The van der Waals surface area contributed by atoms with Crippen LogP contribution in [0, 0.1) is 0 Å². The average molecular weight is 350 g/mol. The van der Waals surface area contributed by atoms with Crippen molar-refractivity contribution in [3.05, 3.63) is 47.6 Å². The zero-order valence-electron chi connectivity index (χ0n) is 13.3. The molecule has 0 spiro atoms. The Bertz CT molecular complexity index is 660. The van der Waals surface area contributed by atoms with Gasteiger partial charge in [-0.1, -0.05) is 30.7 Å². The SMILES string of the molecule is CCC(CO)Nc1ccc(NC(=O)COc2ccccc2Cl)cn1. The minimum Gasteiger partial charge on any atom is -0.482 e. The molecule has 0 saturated heterocycles. The number of rotatable bonds is 8. The Labute approximate surface area is 145 Å². The number of ether oxygens (including phenoxy) is 1. The molecule has 0 saturated carbocycles. The summed E-state index contributed by atoms with van der Waals surface area (Å²) in [7, 11) is 0. The maximum absolute atomic E-state index is 11.9. The molecular formula is C17H20ClN3O3. The molecule has 128 valence electrons. The van der Waals surface area contributed by atoms with Crippen molar-refractivity contribution >= 4 is 29.0 Å². The smallest absolute Gasteiger partial charge is 0.262 e. The Balaban J connectivity index is 1.84. The molecule has 0 radical (unpaired) electrons. The summed E-state index contributed by atoms with van der Waals surface area (Å²) in [5, 5.41) is 15.4. The summed E-state index contributed by atoms with van der Waals surface area (Å²) in [6.45, 7) is 1.86. The molecule has 1 aromatic carbocycles. The van der Waals surface area contributed by atoms with Gasteiger partial charge in [0.25, 0.3) is 5.91 Å². The molecule has 0 aliphatic rings. The van der Waals surface area contributed by atoms with Gasteiger partial charge in [-0.05, 0) is 30.7 Å². The minimum absolute atomic E-state index is 0.0377. The molecule has 1 unspecified atom stereocenters. The first-order valence-corrected chi connectivity index (χ1v) is 8.00. The van der Waals surface area contributed by atoms with E-state index in [1.165, 1.54) is 0 Å². The Morgan fingerprint density at radius 2 is 2.12 bits per heavy atom. The van der Waals surface area contributed by atoms with Crippen LogP contribution in [-0.4, -0.2) is 35.3 Å². The van der Waals surface area contributed by atoms with Gasteiger partial charge in [-0.15, -0.1) is 0 Å². The van der Waals surface area contributed by atoms with E-state index in [0.29, 0.717) is 22.3 Å². The number of aliphatic hydroxyl groups excluding tert-OH is 1. The highest BCUT2D eigenvalue weighted by Gasteiger charge is 2.08. The third-order valence-electron chi connectivity index (χ3n) is 3.31. The van der Waals surface area contributed by atoms with Crippen molar-refractivity contribution in [1.82, 2.24) is 4.98 Å². The molecule has 0 fully saturated rings. The standard InChI is InChI=1S/C17H20ClN3O3/c1-2-12(10-22)20-16-8-7-13(9-19-16)21-17(23)11-24-15-6-4-3-5-14(15)18/h3-9,12,22H,2,10-11H2,1H3,(H,19,20)(H,21,23). The summed E-state index contributed by atoms with van der Waals surface area (Å²) in [6.07, 6.45) is 2.33. The maximum atomic E-state index is 11.9. The number of aliphatic hydroxyl groups is 1. The first kappa shape index (κ1) is 18.0. The summed E-state index contributed by atoms with van der Waals surface area (Å²) >= 11 is 5.96. The third kappa shape index (κ3) is 5.40. The summed E-state index contributed by atoms with van der Waals surface area (Å²) in [5.74, 6) is 0.794. The number of carbonyl (C=O) groups is 1. The molecule has 2 rings (SSSR count). The lowest BCUT2D eigenvalue weighted by molar-refractivity contribution is -0.118. The molecular weight excluding hydrogens is 330 g/mol. The van der Waals surface area contributed by atoms with Crippen molar-refractivity contribution in [2.75, 3.05) is 23.8 Å². The van der Waals surface area contributed by atoms with Crippen LogP contribution in [0.3, 0.4) is 0 Å². The van der Waals surface area contributed by atoms with Gasteiger partial charge in [-0.3, -0.25) is 4.79 Å². The van der Waals surface area contributed by atoms with Gasteiger partial charge in [0.1, 0.15) is 11.6 Å². The average Bonchev–Trinajstić information content (AvgIpc) is 2.60. The van der Waals surface area contributed by atoms with Gasteiger partial charge in [0.15, 0.2) is 6.61 Å². The zero-order chi connectivity index (χ0) is 17.4. The number of anilines is 2. The zero-order valence-corrected chi connectivity index (χ0v) is 14.1. The first-order valence-electron chi connectivity index (χ1n) is 7.63. The lowest BCUT2D eigenvalue weighted by Crippen LogP contribution is -2.23. The second-order valence-electron chi connectivity index (χ2n) is 5.13. The number of pyridine rings is 1. The number of benzene rings is 1. The molecule has 1 atom stereocenters. The lowest BCUT2D eigenvalue weighted by atomic mass is 10.2. The fourth-order valence-corrected chi connectivity index (χ4v) is 2.13. The number of para-hydroxylation sites is 1. The van der Waals surface area contributed by atoms with Crippen molar-refractivity contribution in [2.45, 2.75) is 19.4 Å². The van der Waals surface area contributed by atoms with Crippen LogP contribution in [0.4, 0.5) is 11.5 Å². The van der Waals surface area contributed by atoms with Crippen molar-refractivity contribution in [3.8, 4) is 5.75 Å². The van der Waals surface area contributed by atoms with Crippen LogP contribution in [0.15, 0.2) is 42.6 Å². The molecule has 0 bridgehead atoms. The number of hydrogen-bond acceptors (Lipinski definition) is 5. The van der Waals surface area contributed by atoms with Crippen LogP contribution in [-0.2, 0) is 4.79 Å². The minimum atomic E-state index is -0.306. The molecule has 1 aromatic heterocycles. The van der Waals surface area contributed by atoms with Crippen LogP contribution >= 0.6 is 11.6 Å². The molecule has 6 nitrogen and oxygen atoms in total. The quantitative estimate of drug-likeness (QED) is 0.682. The Kier molecular flexibility index (Phi) is 6.84. The lowest BCUT2D eigenvalue weighted by Gasteiger charge is -2.14. The Morgan fingerprint density at radius 1 is 1.33 bits per heavy atom. The van der Waals surface area contributed by atoms with Crippen LogP contribution < -0.4 is 15.4 Å². The monoisotopic (exact) mass is 349 g/mol. The summed E-state index contributed by atoms with van der Waals surface area (Å²) in [4.78, 5) is 16.1. The number of nitrogens with zero attached hydrogens (tertiary/aromatic N) is 1. The molecule has 1 heterocycles. The highest BCUT2D eigenvalue weighted by molar-refractivity contribution is 6.32. The van der Waals surface area contributed by atoms with Crippen molar-refractivity contribution in [3.63, 3.8) is 0 Å². The molecule has 7 heteroatoms. The van der Waals surface area contributed by atoms with E-state index in [1.54, 1.807) is 42.6 Å². The number of hydrogen-bond donors (Lipinski definition) is 3. The largest absolute Gasteiger partial charge is 0.482 e. The van der Waals surface area contributed by atoms with Gasteiger partial charge in [-0.2, -0.15) is 0 Å². The van der Waals surface area contributed by atoms with E-state index in [-0.39, 0.29) is 25.2 Å². The van der Waals surface area contributed by atoms with E-state index in [4.69, 9.17) is 21.4 Å². The second kappa shape index (κ2) is 9.10.